The quantitative estimate of drug-likeness (QED) is 0.781. The van der Waals surface area contributed by atoms with Crippen LogP contribution in [0.3, 0.4) is 0 Å². The molecule has 1 aromatic rings. The van der Waals surface area contributed by atoms with Crippen molar-refractivity contribution in [2.24, 2.45) is 0 Å². The van der Waals surface area contributed by atoms with Gasteiger partial charge in [0.15, 0.2) is 6.61 Å². The summed E-state index contributed by atoms with van der Waals surface area (Å²) in [4.78, 5) is 21.9. The van der Waals surface area contributed by atoms with E-state index in [1.807, 2.05) is 24.3 Å². The lowest BCUT2D eigenvalue weighted by molar-refractivity contribution is -0.156. The molecule has 0 aliphatic heterocycles. The summed E-state index contributed by atoms with van der Waals surface area (Å²) in [5.74, 6) is -1.86. The molecule has 0 spiro atoms. The van der Waals surface area contributed by atoms with Gasteiger partial charge in [0.1, 0.15) is 0 Å². The molecule has 0 heterocycles. The SMILES string of the molecule is O=C(O)COC(=O)[C@@H]1CCc2ccccc21. The van der Waals surface area contributed by atoms with E-state index < -0.39 is 18.5 Å². The van der Waals surface area contributed by atoms with Gasteiger partial charge in [-0.25, -0.2) is 4.79 Å². The van der Waals surface area contributed by atoms with Crippen LogP contribution in [0.15, 0.2) is 24.3 Å². The van der Waals surface area contributed by atoms with E-state index in [-0.39, 0.29) is 5.92 Å². The lowest BCUT2D eigenvalue weighted by atomic mass is 10.0. The van der Waals surface area contributed by atoms with Crippen LogP contribution in [0.5, 0.6) is 0 Å². The maximum atomic E-state index is 11.6. The number of rotatable bonds is 3. The average Bonchev–Trinajstić information content (AvgIpc) is 2.69. The van der Waals surface area contributed by atoms with E-state index in [4.69, 9.17) is 9.84 Å². The predicted octanol–water partition coefficient (Wildman–Crippen LogP) is 1.34. The van der Waals surface area contributed by atoms with E-state index in [0.717, 1.165) is 17.5 Å². The molecule has 0 amide bonds. The Labute approximate surface area is 92.8 Å². The fourth-order valence-corrected chi connectivity index (χ4v) is 2.04. The Balaban J connectivity index is 2.07. The maximum absolute atomic E-state index is 11.6. The first-order chi connectivity index (χ1) is 7.68. The number of benzene rings is 1. The number of hydrogen-bond acceptors (Lipinski definition) is 3. The molecule has 0 unspecified atom stereocenters. The third-order valence-corrected chi connectivity index (χ3v) is 2.76. The standard InChI is InChI=1S/C12H12O4/c13-11(14)7-16-12(15)10-6-5-8-3-1-2-4-9(8)10/h1-4,10H,5-7H2,(H,13,14)/t10-/m1/s1. The highest BCUT2D eigenvalue weighted by molar-refractivity contribution is 5.82. The zero-order chi connectivity index (χ0) is 11.5. The Morgan fingerprint density at radius 2 is 2.12 bits per heavy atom. The highest BCUT2D eigenvalue weighted by Gasteiger charge is 2.29. The molecule has 0 saturated heterocycles. The first-order valence-electron chi connectivity index (χ1n) is 5.14. The van der Waals surface area contributed by atoms with Crippen molar-refractivity contribution in [3.8, 4) is 0 Å². The molecule has 0 fully saturated rings. The molecular formula is C12H12O4. The molecule has 0 radical (unpaired) electrons. The number of carbonyl (C=O) groups is 2. The van der Waals surface area contributed by atoms with Gasteiger partial charge < -0.3 is 9.84 Å². The van der Waals surface area contributed by atoms with Crippen LogP contribution in [0.1, 0.15) is 23.5 Å². The van der Waals surface area contributed by atoms with Crippen LogP contribution in [0, 0.1) is 0 Å². The highest BCUT2D eigenvalue weighted by Crippen LogP contribution is 2.33. The number of aryl methyl sites for hydroxylation is 1. The molecule has 1 atom stereocenters. The number of ether oxygens (including phenoxy) is 1. The van der Waals surface area contributed by atoms with Crippen LogP contribution in [-0.4, -0.2) is 23.7 Å². The summed E-state index contributed by atoms with van der Waals surface area (Å²) in [6, 6.07) is 7.69. The van der Waals surface area contributed by atoms with Gasteiger partial charge in [-0.2, -0.15) is 0 Å². The van der Waals surface area contributed by atoms with Gasteiger partial charge in [-0.1, -0.05) is 24.3 Å². The van der Waals surface area contributed by atoms with E-state index >= 15 is 0 Å². The van der Waals surface area contributed by atoms with Crippen LogP contribution >= 0.6 is 0 Å². The number of carboxylic acid groups (broad SMARTS) is 1. The fraction of sp³-hybridized carbons (Fsp3) is 0.333. The van der Waals surface area contributed by atoms with Gasteiger partial charge in [0.2, 0.25) is 0 Å². The van der Waals surface area contributed by atoms with Gasteiger partial charge in [-0.15, -0.1) is 0 Å². The van der Waals surface area contributed by atoms with Crippen molar-refractivity contribution >= 4 is 11.9 Å². The Bertz CT molecular complexity index is 425. The Hall–Kier alpha value is -1.84. The van der Waals surface area contributed by atoms with Gasteiger partial charge in [-0.05, 0) is 24.0 Å². The second-order valence-corrected chi connectivity index (χ2v) is 3.79. The topological polar surface area (TPSA) is 63.6 Å². The highest BCUT2D eigenvalue weighted by atomic mass is 16.5. The van der Waals surface area contributed by atoms with E-state index in [9.17, 15) is 9.59 Å². The van der Waals surface area contributed by atoms with E-state index in [1.165, 1.54) is 0 Å². The number of esters is 1. The summed E-state index contributed by atoms with van der Waals surface area (Å²) in [6.45, 7) is -0.558. The van der Waals surface area contributed by atoms with Crippen LogP contribution in [-0.2, 0) is 20.7 Å². The third kappa shape index (κ3) is 2.05. The Morgan fingerprint density at radius 3 is 2.88 bits per heavy atom. The third-order valence-electron chi connectivity index (χ3n) is 2.76. The van der Waals surface area contributed by atoms with Crippen LogP contribution in [0.2, 0.25) is 0 Å². The molecule has 1 aliphatic carbocycles. The Morgan fingerprint density at radius 1 is 1.38 bits per heavy atom. The first kappa shape index (κ1) is 10.7. The largest absolute Gasteiger partial charge is 0.479 e. The van der Waals surface area contributed by atoms with Gasteiger partial charge in [-0.3, -0.25) is 4.79 Å². The van der Waals surface area contributed by atoms with Crippen LogP contribution in [0.4, 0.5) is 0 Å². The van der Waals surface area contributed by atoms with Gasteiger partial charge in [0.05, 0.1) is 5.92 Å². The van der Waals surface area contributed by atoms with Crippen molar-refractivity contribution in [1.29, 1.82) is 0 Å². The second-order valence-electron chi connectivity index (χ2n) is 3.79. The molecule has 1 aliphatic rings. The summed E-state index contributed by atoms with van der Waals surface area (Å²) < 4.78 is 4.71. The number of carboxylic acids is 1. The maximum Gasteiger partial charge on any atom is 0.341 e. The minimum absolute atomic E-state index is 0.296. The number of fused-ring (bicyclic) bond motifs is 1. The minimum atomic E-state index is -1.13. The summed E-state index contributed by atoms with van der Waals surface area (Å²) in [5.41, 5.74) is 2.12. The zero-order valence-electron chi connectivity index (χ0n) is 8.68. The molecule has 4 nitrogen and oxygen atoms in total. The van der Waals surface area contributed by atoms with Crippen molar-refractivity contribution in [2.45, 2.75) is 18.8 Å². The number of carbonyl (C=O) groups excluding carboxylic acids is 1. The Kier molecular flexibility index (Phi) is 2.90. The molecule has 84 valence electrons. The molecule has 0 aromatic heterocycles. The molecule has 0 saturated carbocycles. The van der Waals surface area contributed by atoms with Crippen molar-refractivity contribution in [3.63, 3.8) is 0 Å². The van der Waals surface area contributed by atoms with E-state index in [2.05, 4.69) is 0 Å². The predicted molar refractivity (Wildman–Crippen MR) is 56.1 cm³/mol. The van der Waals surface area contributed by atoms with Gasteiger partial charge in [0, 0.05) is 0 Å². The van der Waals surface area contributed by atoms with Crippen molar-refractivity contribution in [2.75, 3.05) is 6.61 Å². The normalized spacial score (nSPS) is 17.9. The molecule has 1 aromatic carbocycles. The van der Waals surface area contributed by atoms with E-state index in [1.54, 1.807) is 0 Å². The van der Waals surface area contributed by atoms with Crippen LogP contribution < -0.4 is 0 Å². The number of hydrogen-bond donors (Lipinski definition) is 1. The smallest absolute Gasteiger partial charge is 0.341 e. The first-order valence-corrected chi connectivity index (χ1v) is 5.14. The van der Waals surface area contributed by atoms with Gasteiger partial charge >= 0.3 is 11.9 Å². The summed E-state index contributed by atoms with van der Waals surface area (Å²) in [5, 5.41) is 8.42. The van der Waals surface area contributed by atoms with Crippen molar-refractivity contribution < 1.29 is 19.4 Å². The van der Waals surface area contributed by atoms with E-state index in [0.29, 0.717) is 6.42 Å². The summed E-state index contributed by atoms with van der Waals surface area (Å²) in [6.07, 6.45) is 1.56. The minimum Gasteiger partial charge on any atom is -0.479 e. The molecular weight excluding hydrogens is 208 g/mol. The fourth-order valence-electron chi connectivity index (χ4n) is 2.04. The number of aliphatic carboxylic acids is 1. The lowest BCUT2D eigenvalue weighted by Gasteiger charge is -2.09. The zero-order valence-corrected chi connectivity index (χ0v) is 8.68. The monoisotopic (exact) mass is 220 g/mol. The molecule has 16 heavy (non-hydrogen) atoms. The summed E-state index contributed by atoms with van der Waals surface area (Å²) in [7, 11) is 0. The lowest BCUT2D eigenvalue weighted by Crippen LogP contribution is -2.18. The van der Waals surface area contributed by atoms with Crippen molar-refractivity contribution in [1.82, 2.24) is 0 Å². The molecule has 0 bridgehead atoms. The molecule has 4 heteroatoms. The molecule has 1 N–H and O–H groups in total. The van der Waals surface area contributed by atoms with Gasteiger partial charge in [0.25, 0.3) is 0 Å². The van der Waals surface area contributed by atoms with Crippen LogP contribution in [0.25, 0.3) is 0 Å². The summed E-state index contributed by atoms with van der Waals surface area (Å²) >= 11 is 0. The average molecular weight is 220 g/mol. The van der Waals surface area contributed by atoms with Crippen molar-refractivity contribution in [3.05, 3.63) is 35.4 Å². The molecule has 2 rings (SSSR count). The second kappa shape index (κ2) is 4.35.